The zero-order chi connectivity index (χ0) is 17.2. The molecule has 0 saturated carbocycles. The lowest BCUT2D eigenvalue weighted by atomic mass is 9.99. The van der Waals surface area contributed by atoms with Crippen molar-refractivity contribution in [2.45, 2.75) is 39.2 Å². The first-order valence-electron chi connectivity index (χ1n) is 8.68. The van der Waals surface area contributed by atoms with Gasteiger partial charge in [-0.3, -0.25) is 4.79 Å². The summed E-state index contributed by atoms with van der Waals surface area (Å²) in [6.45, 7) is 5.34. The topological polar surface area (TPSA) is 38.3 Å². The summed E-state index contributed by atoms with van der Waals surface area (Å²) < 4.78 is 5.49. The van der Waals surface area contributed by atoms with Crippen molar-refractivity contribution in [2.24, 2.45) is 0 Å². The summed E-state index contributed by atoms with van der Waals surface area (Å²) in [5.41, 5.74) is 3.16. The second kappa shape index (κ2) is 9.89. The summed E-state index contributed by atoms with van der Waals surface area (Å²) in [4.78, 5) is 12.4. The van der Waals surface area contributed by atoms with Gasteiger partial charge < -0.3 is 10.1 Å². The number of rotatable bonds is 9. The zero-order valence-corrected chi connectivity index (χ0v) is 14.6. The Labute approximate surface area is 145 Å². The molecule has 0 aliphatic carbocycles. The van der Waals surface area contributed by atoms with Crippen LogP contribution in [0.3, 0.4) is 0 Å². The molecule has 0 aromatic heterocycles. The number of ether oxygens (including phenoxy) is 1. The van der Waals surface area contributed by atoms with E-state index in [2.05, 4.69) is 17.4 Å². The summed E-state index contributed by atoms with van der Waals surface area (Å²) >= 11 is 0. The fraction of sp³-hybridized carbons (Fsp3) is 0.381. The van der Waals surface area contributed by atoms with Crippen LogP contribution in [-0.2, 0) is 17.6 Å². The molecule has 2 rings (SSSR count). The molecule has 3 heteroatoms. The van der Waals surface area contributed by atoms with Gasteiger partial charge in [0, 0.05) is 18.7 Å². The summed E-state index contributed by atoms with van der Waals surface area (Å²) in [5, 5.41) is 2.99. The minimum absolute atomic E-state index is 0.00297. The van der Waals surface area contributed by atoms with Crippen LogP contribution in [-0.4, -0.2) is 25.2 Å². The second-order valence-electron chi connectivity index (χ2n) is 6.17. The van der Waals surface area contributed by atoms with Crippen LogP contribution >= 0.6 is 0 Å². The zero-order valence-electron chi connectivity index (χ0n) is 14.6. The van der Waals surface area contributed by atoms with Gasteiger partial charge in [0.25, 0.3) is 5.91 Å². The van der Waals surface area contributed by atoms with Crippen LogP contribution in [0.1, 0.15) is 41.8 Å². The van der Waals surface area contributed by atoms with Gasteiger partial charge in [-0.05, 0) is 50.3 Å². The molecular formula is C21H27NO2. The predicted molar refractivity (Wildman–Crippen MR) is 98.3 cm³/mol. The highest BCUT2D eigenvalue weighted by atomic mass is 16.5. The number of benzene rings is 2. The van der Waals surface area contributed by atoms with E-state index in [4.69, 9.17) is 4.74 Å². The second-order valence-corrected chi connectivity index (χ2v) is 6.17. The number of hydrogen-bond acceptors (Lipinski definition) is 2. The molecule has 24 heavy (non-hydrogen) atoms. The number of amides is 1. The lowest BCUT2D eigenvalue weighted by molar-refractivity contribution is 0.0757. The maximum atomic E-state index is 12.4. The van der Waals surface area contributed by atoms with E-state index in [1.54, 1.807) is 0 Å². The molecule has 0 spiro atoms. The van der Waals surface area contributed by atoms with Gasteiger partial charge in [0.05, 0.1) is 6.10 Å². The van der Waals surface area contributed by atoms with Gasteiger partial charge in [-0.1, -0.05) is 48.5 Å². The Morgan fingerprint density at radius 1 is 1.00 bits per heavy atom. The van der Waals surface area contributed by atoms with E-state index in [-0.39, 0.29) is 12.0 Å². The van der Waals surface area contributed by atoms with Gasteiger partial charge in [-0.15, -0.1) is 0 Å². The SMILES string of the molecule is CC(C)OCCCNC(=O)c1ccccc1CCc1ccccc1. The molecule has 2 aromatic rings. The normalized spacial score (nSPS) is 10.8. The highest BCUT2D eigenvalue weighted by Crippen LogP contribution is 2.13. The van der Waals surface area contributed by atoms with Gasteiger partial charge in [-0.25, -0.2) is 0 Å². The molecule has 2 aromatic carbocycles. The molecule has 0 aliphatic rings. The highest BCUT2D eigenvalue weighted by Gasteiger charge is 2.10. The molecule has 0 bridgehead atoms. The van der Waals surface area contributed by atoms with Crippen molar-refractivity contribution in [3.8, 4) is 0 Å². The molecule has 1 N–H and O–H groups in total. The Hall–Kier alpha value is -2.13. The van der Waals surface area contributed by atoms with Gasteiger partial charge in [0.15, 0.2) is 0 Å². The third-order valence-electron chi connectivity index (χ3n) is 3.85. The van der Waals surface area contributed by atoms with Crippen LogP contribution in [0.25, 0.3) is 0 Å². The van der Waals surface area contributed by atoms with Crippen LogP contribution in [0.2, 0.25) is 0 Å². The molecule has 0 radical (unpaired) electrons. The third kappa shape index (κ3) is 6.17. The smallest absolute Gasteiger partial charge is 0.251 e. The number of carbonyl (C=O) groups excluding carboxylic acids is 1. The Morgan fingerprint density at radius 2 is 1.71 bits per heavy atom. The predicted octanol–water partition coefficient (Wildman–Crippen LogP) is 4.02. The molecule has 1 amide bonds. The van der Waals surface area contributed by atoms with E-state index in [1.165, 1.54) is 5.56 Å². The number of nitrogens with one attached hydrogen (secondary N) is 1. The molecule has 128 valence electrons. The molecule has 0 aliphatic heterocycles. The van der Waals surface area contributed by atoms with E-state index < -0.39 is 0 Å². The van der Waals surface area contributed by atoms with Crippen molar-refractivity contribution < 1.29 is 9.53 Å². The standard InChI is InChI=1S/C21H27NO2/c1-17(2)24-16-8-15-22-21(23)20-12-7-6-11-19(20)14-13-18-9-4-3-5-10-18/h3-7,9-12,17H,8,13-16H2,1-2H3,(H,22,23). The first-order valence-corrected chi connectivity index (χ1v) is 8.68. The summed E-state index contributed by atoms with van der Waals surface area (Å²) in [6, 6.07) is 18.2. The van der Waals surface area contributed by atoms with Crippen molar-refractivity contribution in [3.05, 3.63) is 71.3 Å². The largest absolute Gasteiger partial charge is 0.379 e. The summed E-state index contributed by atoms with van der Waals surface area (Å²) in [7, 11) is 0. The van der Waals surface area contributed by atoms with E-state index >= 15 is 0 Å². The maximum Gasteiger partial charge on any atom is 0.251 e. The third-order valence-corrected chi connectivity index (χ3v) is 3.85. The Bertz CT molecular complexity index is 623. The molecule has 3 nitrogen and oxygen atoms in total. The number of hydrogen-bond donors (Lipinski definition) is 1. The minimum Gasteiger partial charge on any atom is -0.379 e. The Kier molecular flexibility index (Phi) is 7.50. The molecule has 0 heterocycles. The van der Waals surface area contributed by atoms with Crippen LogP contribution in [0.4, 0.5) is 0 Å². The van der Waals surface area contributed by atoms with Crippen LogP contribution in [0, 0.1) is 0 Å². The fourth-order valence-electron chi connectivity index (χ4n) is 2.57. The van der Waals surface area contributed by atoms with Crippen molar-refractivity contribution >= 4 is 5.91 Å². The highest BCUT2D eigenvalue weighted by molar-refractivity contribution is 5.95. The Morgan fingerprint density at radius 3 is 2.46 bits per heavy atom. The molecule has 0 atom stereocenters. The summed E-state index contributed by atoms with van der Waals surface area (Å²) in [6.07, 6.45) is 2.87. The molecule has 0 fully saturated rings. The van der Waals surface area contributed by atoms with Crippen LogP contribution in [0.15, 0.2) is 54.6 Å². The van der Waals surface area contributed by atoms with Gasteiger partial charge in [0.1, 0.15) is 0 Å². The number of aryl methyl sites for hydroxylation is 2. The lowest BCUT2D eigenvalue weighted by Crippen LogP contribution is -2.26. The minimum atomic E-state index is 0.00297. The van der Waals surface area contributed by atoms with Crippen molar-refractivity contribution in [1.29, 1.82) is 0 Å². The van der Waals surface area contributed by atoms with E-state index in [0.29, 0.717) is 13.2 Å². The lowest BCUT2D eigenvalue weighted by Gasteiger charge is -2.11. The summed E-state index contributed by atoms with van der Waals surface area (Å²) in [5.74, 6) is 0.00297. The van der Waals surface area contributed by atoms with Gasteiger partial charge in [-0.2, -0.15) is 0 Å². The number of carbonyl (C=O) groups is 1. The molecular weight excluding hydrogens is 298 g/mol. The maximum absolute atomic E-state index is 12.4. The first kappa shape index (κ1) is 18.2. The molecule has 0 saturated heterocycles. The van der Waals surface area contributed by atoms with Gasteiger partial charge in [0.2, 0.25) is 0 Å². The van der Waals surface area contributed by atoms with Gasteiger partial charge >= 0.3 is 0 Å². The monoisotopic (exact) mass is 325 g/mol. The average molecular weight is 325 g/mol. The Balaban J connectivity index is 1.86. The van der Waals surface area contributed by atoms with Crippen LogP contribution < -0.4 is 5.32 Å². The van der Waals surface area contributed by atoms with E-state index in [1.807, 2.05) is 56.3 Å². The van der Waals surface area contributed by atoms with Crippen molar-refractivity contribution in [2.75, 3.05) is 13.2 Å². The first-order chi connectivity index (χ1) is 11.7. The quantitative estimate of drug-likeness (QED) is 0.707. The van der Waals surface area contributed by atoms with Crippen LogP contribution in [0.5, 0.6) is 0 Å². The van der Waals surface area contributed by atoms with Crippen molar-refractivity contribution in [3.63, 3.8) is 0 Å². The van der Waals surface area contributed by atoms with E-state index in [9.17, 15) is 4.79 Å². The van der Waals surface area contributed by atoms with E-state index in [0.717, 1.165) is 30.4 Å². The fourth-order valence-corrected chi connectivity index (χ4v) is 2.57. The average Bonchev–Trinajstić information content (AvgIpc) is 2.60. The molecule has 0 unspecified atom stereocenters. The van der Waals surface area contributed by atoms with Crippen molar-refractivity contribution in [1.82, 2.24) is 5.32 Å².